The molecule has 6 nitrogen and oxygen atoms in total. The van der Waals surface area contributed by atoms with Crippen molar-refractivity contribution >= 4 is 29.0 Å². The quantitative estimate of drug-likeness (QED) is 0.474. The average molecular weight is 322 g/mol. The third kappa shape index (κ3) is 7.12. The third-order valence-electron chi connectivity index (χ3n) is 2.25. The maximum absolute atomic E-state index is 12.0. The molecule has 0 saturated carbocycles. The van der Waals surface area contributed by atoms with Crippen molar-refractivity contribution in [2.24, 2.45) is 4.99 Å². The Labute approximate surface area is 135 Å². The molecular formula is C15H22N4O2S. The zero-order valence-electron chi connectivity index (χ0n) is 13.5. The lowest BCUT2D eigenvalue weighted by molar-refractivity contribution is 0.227. The predicted octanol–water partition coefficient (Wildman–Crippen LogP) is 2.91. The van der Waals surface area contributed by atoms with Gasteiger partial charge in [0.15, 0.2) is 5.17 Å². The number of carbonyl (C=O) groups is 2. The van der Waals surface area contributed by atoms with Crippen LogP contribution in [0.2, 0.25) is 0 Å². The molecular weight excluding hydrogens is 300 g/mol. The monoisotopic (exact) mass is 322 g/mol. The minimum atomic E-state index is -0.436. The van der Waals surface area contributed by atoms with Gasteiger partial charge in [-0.2, -0.15) is 4.99 Å². The Balaban J connectivity index is 2.87. The lowest BCUT2D eigenvalue weighted by Gasteiger charge is -2.21. The first-order valence-corrected chi connectivity index (χ1v) is 7.61. The molecule has 0 aromatic heterocycles. The Hall–Kier alpha value is -2.02. The minimum Gasteiger partial charge on any atom is -0.333 e. The Kier molecular flexibility index (Phi) is 6.42. The van der Waals surface area contributed by atoms with E-state index in [1.807, 2.05) is 51.1 Å². The molecule has 22 heavy (non-hydrogen) atoms. The Morgan fingerprint density at radius 3 is 2.23 bits per heavy atom. The molecule has 1 aromatic rings. The second-order valence-electron chi connectivity index (χ2n) is 5.84. The van der Waals surface area contributed by atoms with E-state index in [9.17, 15) is 9.59 Å². The van der Waals surface area contributed by atoms with Crippen LogP contribution in [-0.4, -0.2) is 41.8 Å². The van der Waals surface area contributed by atoms with Gasteiger partial charge in [-0.05, 0) is 32.9 Å². The van der Waals surface area contributed by atoms with E-state index in [-0.39, 0.29) is 10.7 Å². The summed E-state index contributed by atoms with van der Waals surface area (Å²) >= 11 is 1.22. The van der Waals surface area contributed by atoms with Gasteiger partial charge in [0.1, 0.15) is 0 Å². The second kappa shape index (κ2) is 7.84. The summed E-state index contributed by atoms with van der Waals surface area (Å²) in [7, 11) is 3.21. The Morgan fingerprint density at radius 1 is 1.14 bits per heavy atom. The van der Waals surface area contributed by atoms with Crippen molar-refractivity contribution < 1.29 is 9.59 Å². The summed E-state index contributed by atoms with van der Waals surface area (Å²) in [5.41, 5.74) is -0.377. The van der Waals surface area contributed by atoms with Crippen LogP contribution in [0.4, 0.5) is 9.59 Å². The van der Waals surface area contributed by atoms with Crippen molar-refractivity contribution in [2.75, 3.05) is 14.1 Å². The summed E-state index contributed by atoms with van der Waals surface area (Å²) in [6, 6.07) is 8.57. The molecule has 1 rings (SSSR count). The summed E-state index contributed by atoms with van der Waals surface area (Å²) in [5, 5.41) is 5.62. The molecule has 0 fully saturated rings. The van der Waals surface area contributed by atoms with Gasteiger partial charge in [-0.3, -0.25) is 5.32 Å². The third-order valence-corrected chi connectivity index (χ3v) is 3.14. The highest BCUT2D eigenvalue weighted by Crippen LogP contribution is 2.18. The lowest BCUT2D eigenvalue weighted by Crippen LogP contribution is -2.47. The van der Waals surface area contributed by atoms with Gasteiger partial charge in [-0.25, -0.2) is 9.59 Å². The van der Waals surface area contributed by atoms with Gasteiger partial charge in [0, 0.05) is 24.5 Å². The van der Waals surface area contributed by atoms with E-state index < -0.39 is 12.1 Å². The van der Waals surface area contributed by atoms with Crippen molar-refractivity contribution in [2.45, 2.75) is 31.2 Å². The van der Waals surface area contributed by atoms with Crippen LogP contribution in [0.5, 0.6) is 0 Å². The van der Waals surface area contributed by atoms with Crippen LogP contribution in [0.1, 0.15) is 20.8 Å². The molecule has 0 radical (unpaired) electrons. The van der Waals surface area contributed by atoms with Crippen LogP contribution in [0.25, 0.3) is 0 Å². The number of hydrogen-bond donors (Lipinski definition) is 2. The maximum atomic E-state index is 12.0. The second-order valence-corrected chi connectivity index (χ2v) is 6.90. The van der Waals surface area contributed by atoms with Crippen LogP contribution < -0.4 is 10.6 Å². The molecule has 0 aliphatic heterocycles. The molecule has 2 N–H and O–H groups in total. The topological polar surface area (TPSA) is 73.8 Å². The van der Waals surface area contributed by atoms with E-state index in [1.54, 1.807) is 14.1 Å². The summed E-state index contributed by atoms with van der Waals surface area (Å²) in [6.07, 6.45) is 0. The number of amidine groups is 1. The smallest absolute Gasteiger partial charge is 0.333 e. The Morgan fingerprint density at radius 2 is 1.73 bits per heavy atom. The number of hydrogen-bond acceptors (Lipinski definition) is 3. The number of benzene rings is 1. The van der Waals surface area contributed by atoms with Crippen molar-refractivity contribution in [3.8, 4) is 0 Å². The standard InChI is InChI=1S/C15H22N4O2S/c1-15(2,3)18-12(20)16-13(17-14(21)19(4)5)22-11-9-7-6-8-10-11/h6-10H,1-5H3,(H2,16,17,18,20,21). The summed E-state index contributed by atoms with van der Waals surface area (Å²) in [6.45, 7) is 5.62. The molecule has 4 amide bonds. The number of carbonyl (C=O) groups excluding carboxylic acids is 2. The summed E-state index contributed by atoms with van der Waals surface area (Å²) in [5.74, 6) is 0. The number of nitrogens with one attached hydrogen (secondary N) is 2. The molecule has 0 bridgehead atoms. The van der Waals surface area contributed by atoms with E-state index in [1.165, 1.54) is 16.7 Å². The van der Waals surface area contributed by atoms with E-state index in [4.69, 9.17) is 0 Å². The fraction of sp³-hybridized carbons (Fsp3) is 0.400. The van der Waals surface area contributed by atoms with E-state index in [2.05, 4.69) is 15.6 Å². The summed E-state index contributed by atoms with van der Waals surface area (Å²) < 4.78 is 0. The molecule has 0 spiro atoms. The number of rotatable bonds is 1. The summed E-state index contributed by atoms with van der Waals surface area (Å²) in [4.78, 5) is 29.9. The first kappa shape index (κ1) is 18.0. The number of urea groups is 2. The maximum Gasteiger partial charge on any atom is 0.345 e. The molecule has 0 unspecified atom stereocenters. The zero-order chi connectivity index (χ0) is 16.8. The normalized spacial score (nSPS) is 11.8. The number of amides is 4. The number of aliphatic imine (C=N–C) groups is 1. The first-order chi connectivity index (χ1) is 10.2. The van der Waals surface area contributed by atoms with Gasteiger partial charge in [0.25, 0.3) is 0 Å². The van der Waals surface area contributed by atoms with Gasteiger partial charge >= 0.3 is 12.1 Å². The van der Waals surface area contributed by atoms with Crippen LogP contribution >= 0.6 is 11.8 Å². The molecule has 0 saturated heterocycles. The van der Waals surface area contributed by atoms with Gasteiger partial charge in [-0.1, -0.05) is 30.0 Å². The fourth-order valence-corrected chi connectivity index (χ4v) is 2.12. The number of thioether (sulfide) groups is 1. The van der Waals surface area contributed by atoms with Crippen LogP contribution in [-0.2, 0) is 0 Å². The van der Waals surface area contributed by atoms with E-state index in [0.717, 1.165) is 4.90 Å². The Bertz CT molecular complexity index is 550. The van der Waals surface area contributed by atoms with Gasteiger partial charge < -0.3 is 10.2 Å². The molecule has 7 heteroatoms. The van der Waals surface area contributed by atoms with Crippen LogP contribution in [0, 0.1) is 0 Å². The molecule has 1 aromatic carbocycles. The van der Waals surface area contributed by atoms with Gasteiger partial charge in [0.05, 0.1) is 0 Å². The van der Waals surface area contributed by atoms with Crippen molar-refractivity contribution in [1.82, 2.24) is 15.5 Å². The molecule has 0 aliphatic rings. The SMILES string of the molecule is CN(C)C(=O)N=C(NC(=O)NC(C)(C)C)Sc1ccccc1. The lowest BCUT2D eigenvalue weighted by atomic mass is 10.1. The van der Waals surface area contributed by atoms with E-state index >= 15 is 0 Å². The van der Waals surface area contributed by atoms with Gasteiger partial charge in [-0.15, -0.1) is 0 Å². The molecule has 0 heterocycles. The largest absolute Gasteiger partial charge is 0.345 e. The highest BCUT2D eigenvalue weighted by molar-refractivity contribution is 8.14. The number of nitrogens with zero attached hydrogens (tertiary/aromatic N) is 2. The minimum absolute atomic E-state index is 0.228. The van der Waals surface area contributed by atoms with E-state index in [0.29, 0.717) is 0 Å². The van der Waals surface area contributed by atoms with Crippen molar-refractivity contribution in [3.05, 3.63) is 30.3 Å². The first-order valence-electron chi connectivity index (χ1n) is 6.79. The zero-order valence-corrected chi connectivity index (χ0v) is 14.3. The highest BCUT2D eigenvalue weighted by atomic mass is 32.2. The van der Waals surface area contributed by atoms with Gasteiger partial charge in [0.2, 0.25) is 0 Å². The fourth-order valence-electron chi connectivity index (χ4n) is 1.33. The average Bonchev–Trinajstić information content (AvgIpc) is 2.37. The van der Waals surface area contributed by atoms with Crippen LogP contribution in [0.3, 0.4) is 0 Å². The molecule has 120 valence electrons. The highest BCUT2D eigenvalue weighted by Gasteiger charge is 2.16. The van der Waals surface area contributed by atoms with Crippen molar-refractivity contribution in [1.29, 1.82) is 0 Å². The van der Waals surface area contributed by atoms with Crippen molar-refractivity contribution in [3.63, 3.8) is 0 Å². The van der Waals surface area contributed by atoms with Crippen LogP contribution in [0.15, 0.2) is 40.2 Å². The molecule has 0 atom stereocenters. The molecule has 0 aliphatic carbocycles. The predicted molar refractivity (Wildman–Crippen MR) is 90.2 cm³/mol.